The topological polar surface area (TPSA) is 92.4 Å². The molecule has 0 radical (unpaired) electrons. The third-order valence-corrected chi connectivity index (χ3v) is 3.57. The second kappa shape index (κ2) is 5.81. The van der Waals surface area contributed by atoms with Gasteiger partial charge in [-0.3, -0.25) is 9.59 Å². The first-order chi connectivity index (χ1) is 11.1. The van der Waals surface area contributed by atoms with Gasteiger partial charge in [0, 0.05) is 16.6 Å². The number of primary amides is 1. The molecule has 0 fully saturated rings. The fourth-order valence-corrected chi connectivity index (χ4v) is 2.35. The zero-order valence-corrected chi connectivity index (χ0v) is 12.1. The van der Waals surface area contributed by atoms with Gasteiger partial charge in [0.2, 0.25) is 5.91 Å². The van der Waals surface area contributed by atoms with Gasteiger partial charge in [-0.05, 0) is 35.7 Å². The number of rotatable bonds is 3. The predicted octanol–water partition coefficient (Wildman–Crippen LogP) is 2.90. The van der Waals surface area contributed by atoms with Crippen LogP contribution in [0.15, 0.2) is 60.7 Å². The summed E-state index contributed by atoms with van der Waals surface area (Å²) >= 11 is 0. The molecule has 0 saturated carbocycles. The lowest BCUT2D eigenvalue weighted by Gasteiger charge is -2.09. The Hall–Kier alpha value is -3.34. The largest absolute Gasteiger partial charge is 0.506 e. The van der Waals surface area contributed by atoms with Crippen LogP contribution >= 0.6 is 0 Å². The Labute approximate surface area is 132 Å². The van der Waals surface area contributed by atoms with Gasteiger partial charge >= 0.3 is 0 Å². The van der Waals surface area contributed by atoms with E-state index >= 15 is 0 Å². The fourth-order valence-electron chi connectivity index (χ4n) is 2.35. The molecule has 3 aromatic rings. The molecule has 0 aliphatic rings. The average molecular weight is 306 g/mol. The van der Waals surface area contributed by atoms with E-state index in [9.17, 15) is 14.7 Å². The Morgan fingerprint density at radius 2 is 1.61 bits per heavy atom. The maximum absolute atomic E-state index is 12.3. The van der Waals surface area contributed by atoms with Crippen molar-refractivity contribution in [1.82, 2.24) is 0 Å². The molecule has 114 valence electrons. The van der Waals surface area contributed by atoms with Crippen LogP contribution in [0, 0.1) is 0 Å². The molecule has 23 heavy (non-hydrogen) atoms. The minimum Gasteiger partial charge on any atom is -0.506 e. The summed E-state index contributed by atoms with van der Waals surface area (Å²) < 4.78 is 0. The van der Waals surface area contributed by atoms with Crippen molar-refractivity contribution in [2.45, 2.75) is 0 Å². The molecular formula is C18H14N2O3. The highest BCUT2D eigenvalue weighted by Gasteiger charge is 2.14. The van der Waals surface area contributed by atoms with E-state index in [0.29, 0.717) is 16.6 Å². The molecule has 2 amide bonds. The summed E-state index contributed by atoms with van der Waals surface area (Å²) in [6.45, 7) is 0. The molecule has 0 saturated heterocycles. The number of amides is 2. The predicted molar refractivity (Wildman–Crippen MR) is 88.5 cm³/mol. The lowest BCUT2D eigenvalue weighted by atomic mass is 10.0. The molecule has 0 aliphatic carbocycles. The standard InChI is InChI=1S/C18H14N2O3/c19-17(22)12-5-8-13(9-6-12)20-18(23)15-10-7-11-3-1-2-4-14(11)16(15)21/h1-10,21H,(H2,19,22)(H,20,23). The van der Waals surface area contributed by atoms with Crippen molar-refractivity contribution in [2.24, 2.45) is 5.73 Å². The van der Waals surface area contributed by atoms with Crippen LogP contribution in [0.25, 0.3) is 10.8 Å². The Morgan fingerprint density at radius 1 is 0.913 bits per heavy atom. The number of nitrogens with one attached hydrogen (secondary N) is 1. The number of carbonyl (C=O) groups is 2. The molecule has 0 aliphatic heterocycles. The Kier molecular flexibility index (Phi) is 3.68. The molecule has 0 unspecified atom stereocenters. The summed E-state index contributed by atoms with van der Waals surface area (Å²) in [6.07, 6.45) is 0. The Morgan fingerprint density at radius 3 is 2.30 bits per heavy atom. The fraction of sp³-hybridized carbons (Fsp3) is 0. The minimum atomic E-state index is -0.532. The number of hydrogen-bond donors (Lipinski definition) is 3. The van der Waals surface area contributed by atoms with Crippen LogP contribution in [-0.2, 0) is 0 Å². The smallest absolute Gasteiger partial charge is 0.259 e. The highest BCUT2D eigenvalue weighted by molar-refractivity contribution is 6.10. The van der Waals surface area contributed by atoms with Crippen LogP contribution in [0.4, 0.5) is 5.69 Å². The number of phenols is 1. The summed E-state index contributed by atoms with van der Waals surface area (Å²) in [5.41, 5.74) is 6.22. The van der Waals surface area contributed by atoms with E-state index in [0.717, 1.165) is 5.39 Å². The van der Waals surface area contributed by atoms with Crippen molar-refractivity contribution in [3.8, 4) is 5.75 Å². The van der Waals surface area contributed by atoms with Gasteiger partial charge in [0.25, 0.3) is 5.91 Å². The summed E-state index contributed by atoms with van der Waals surface area (Å²) in [7, 11) is 0. The zero-order valence-electron chi connectivity index (χ0n) is 12.1. The summed E-state index contributed by atoms with van der Waals surface area (Å²) in [5.74, 6) is -1.02. The SMILES string of the molecule is NC(=O)c1ccc(NC(=O)c2ccc3ccccc3c2O)cc1. The molecule has 0 spiro atoms. The second-order valence-electron chi connectivity index (χ2n) is 5.08. The minimum absolute atomic E-state index is 0.0608. The number of nitrogens with two attached hydrogens (primary N) is 1. The molecule has 0 heterocycles. The second-order valence-corrected chi connectivity index (χ2v) is 5.08. The van der Waals surface area contributed by atoms with Crippen LogP contribution < -0.4 is 11.1 Å². The number of benzene rings is 3. The van der Waals surface area contributed by atoms with E-state index in [1.54, 1.807) is 36.4 Å². The molecule has 0 aromatic heterocycles. The average Bonchev–Trinajstić information content (AvgIpc) is 2.56. The number of carbonyl (C=O) groups excluding carboxylic acids is 2. The van der Waals surface area contributed by atoms with E-state index in [4.69, 9.17) is 5.73 Å². The van der Waals surface area contributed by atoms with Gasteiger partial charge in [-0.25, -0.2) is 0 Å². The van der Waals surface area contributed by atoms with Gasteiger partial charge in [0.1, 0.15) is 5.75 Å². The van der Waals surface area contributed by atoms with E-state index in [1.807, 2.05) is 12.1 Å². The Balaban J connectivity index is 1.88. The lowest BCUT2D eigenvalue weighted by molar-refractivity contribution is 0.0998. The normalized spacial score (nSPS) is 10.4. The van der Waals surface area contributed by atoms with Crippen LogP contribution in [-0.4, -0.2) is 16.9 Å². The molecule has 5 heteroatoms. The van der Waals surface area contributed by atoms with Gasteiger partial charge < -0.3 is 16.2 Å². The van der Waals surface area contributed by atoms with Crippen molar-refractivity contribution in [3.63, 3.8) is 0 Å². The summed E-state index contributed by atoms with van der Waals surface area (Å²) in [4.78, 5) is 23.4. The van der Waals surface area contributed by atoms with E-state index in [-0.39, 0.29) is 11.3 Å². The van der Waals surface area contributed by atoms with E-state index in [1.165, 1.54) is 12.1 Å². The number of anilines is 1. The van der Waals surface area contributed by atoms with Gasteiger partial charge in [-0.15, -0.1) is 0 Å². The van der Waals surface area contributed by atoms with E-state index < -0.39 is 11.8 Å². The maximum atomic E-state index is 12.3. The first-order valence-electron chi connectivity index (χ1n) is 6.98. The highest BCUT2D eigenvalue weighted by Crippen LogP contribution is 2.29. The number of hydrogen-bond acceptors (Lipinski definition) is 3. The molecule has 3 rings (SSSR count). The first kappa shape index (κ1) is 14.6. The summed E-state index contributed by atoms with van der Waals surface area (Å²) in [6, 6.07) is 16.8. The quantitative estimate of drug-likeness (QED) is 0.694. The number of aromatic hydroxyl groups is 1. The molecule has 4 N–H and O–H groups in total. The van der Waals surface area contributed by atoms with Crippen molar-refractivity contribution < 1.29 is 14.7 Å². The van der Waals surface area contributed by atoms with E-state index in [2.05, 4.69) is 5.32 Å². The summed E-state index contributed by atoms with van der Waals surface area (Å²) in [5, 5.41) is 14.4. The van der Waals surface area contributed by atoms with Crippen molar-refractivity contribution >= 4 is 28.3 Å². The lowest BCUT2D eigenvalue weighted by Crippen LogP contribution is -2.13. The van der Waals surface area contributed by atoms with Crippen molar-refractivity contribution in [1.29, 1.82) is 0 Å². The van der Waals surface area contributed by atoms with Crippen LogP contribution in [0.3, 0.4) is 0 Å². The van der Waals surface area contributed by atoms with Gasteiger partial charge in [-0.1, -0.05) is 30.3 Å². The third kappa shape index (κ3) is 2.85. The van der Waals surface area contributed by atoms with Crippen LogP contribution in [0.1, 0.15) is 20.7 Å². The molecule has 5 nitrogen and oxygen atoms in total. The van der Waals surface area contributed by atoms with Crippen LogP contribution in [0.5, 0.6) is 5.75 Å². The van der Waals surface area contributed by atoms with Gasteiger partial charge in [0.15, 0.2) is 0 Å². The monoisotopic (exact) mass is 306 g/mol. The van der Waals surface area contributed by atoms with Gasteiger partial charge in [0.05, 0.1) is 5.56 Å². The number of phenolic OH excluding ortho intramolecular Hbond substituents is 1. The molecule has 0 bridgehead atoms. The number of fused-ring (bicyclic) bond motifs is 1. The third-order valence-electron chi connectivity index (χ3n) is 3.57. The Bertz CT molecular complexity index is 902. The first-order valence-corrected chi connectivity index (χ1v) is 6.98. The van der Waals surface area contributed by atoms with Gasteiger partial charge in [-0.2, -0.15) is 0 Å². The van der Waals surface area contributed by atoms with Crippen LogP contribution in [0.2, 0.25) is 0 Å². The van der Waals surface area contributed by atoms with Crippen molar-refractivity contribution in [2.75, 3.05) is 5.32 Å². The van der Waals surface area contributed by atoms with Crippen molar-refractivity contribution in [3.05, 3.63) is 71.8 Å². The maximum Gasteiger partial charge on any atom is 0.259 e. The highest BCUT2D eigenvalue weighted by atomic mass is 16.3. The zero-order chi connectivity index (χ0) is 16.4. The molecule has 3 aromatic carbocycles. The molecule has 0 atom stereocenters. The molecular weight excluding hydrogens is 292 g/mol.